The molecule has 0 aliphatic heterocycles. The van der Waals surface area contributed by atoms with Crippen LogP contribution in [-0.4, -0.2) is 35.7 Å². The van der Waals surface area contributed by atoms with Crippen LogP contribution in [0.3, 0.4) is 0 Å². The molecule has 1 heterocycles. The fourth-order valence-corrected chi connectivity index (χ4v) is 2.46. The van der Waals surface area contributed by atoms with Crippen LogP contribution in [0.5, 0.6) is 0 Å². The van der Waals surface area contributed by atoms with Crippen LogP contribution in [-0.2, 0) is 13.1 Å². The number of hydrogen-bond acceptors (Lipinski definition) is 2. The quantitative estimate of drug-likeness (QED) is 0.256. The SMILES string of the molecule is CCNC(=NCc1ccc(NC(=O)NC(C)C)cc1)NCCn1cccc1.I. The van der Waals surface area contributed by atoms with Crippen molar-refractivity contribution in [3.05, 3.63) is 54.4 Å². The van der Waals surface area contributed by atoms with Crippen LogP contribution in [0.4, 0.5) is 10.5 Å². The molecule has 0 unspecified atom stereocenters. The first kappa shape index (κ1) is 23.8. The molecule has 0 radical (unpaired) electrons. The van der Waals surface area contributed by atoms with Crippen molar-refractivity contribution < 1.29 is 4.79 Å². The lowest BCUT2D eigenvalue weighted by Gasteiger charge is -2.12. The molecule has 1 aromatic carbocycles. The standard InChI is InChI=1S/C20H30N6O.HI/c1-4-21-19(22-11-14-26-12-5-6-13-26)23-15-17-7-9-18(10-8-17)25-20(27)24-16(2)3;/h5-10,12-13,16H,4,11,14-15H2,1-3H3,(H2,21,22,23)(H2,24,25,27);1H. The Balaban J connectivity index is 0.00000392. The first-order chi connectivity index (χ1) is 13.1. The Labute approximate surface area is 184 Å². The normalized spacial score (nSPS) is 10.9. The second kappa shape index (κ2) is 13.0. The lowest BCUT2D eigenvalue weighted by Crippen LogP contribution is -2.38. The molecule has 2 rings (SSSR count). The van der Waals surface area contributed by atoms with E-state index in [1.165, 1.54) is 0 Å². The largest absolute Gasteiger partial charge is 0.357 e. The molecule has 0 aliphatic rings. The number of aliphatic imine (C=N–C) groups is 1. The van der Waals surface area contributed by atoms with Crippen LogP contribution in [0.25, 0.3) is 0 Å². The van der Waals surface area contributed by atoms with Gasteiger partial charge in [-0.15, -0.1) is 24.0 Å². The summed E-state index contributed by atoms with van der Waals surface area (Å²) in [6.45, 7) is 8.96. The van der Waals surface area contributed by atoms with E-state index in [9.17, 15) is 4.79 Å². The van der Waals surface area contributed by atoms with Crippen LogP contribution in [0.2, 0.25) is 0 Å². The number of anilines is 1. The van der Waals surface area contributed by atoms with E-state index in [4.69, 9.17) is 0 Å². The van der Waals surface area contributed by atoms with E-state index in [-0.39, 0.29) is 36.0 Å². The molecule has 28 heavy (non-hydrogen) atoms. The number of benzene rings is 1. The third-order valence-electron chi connectivity index (χ3n) is 3.72. The highest BCUT2D eigenvalue weighted by Gasteiger charge is 2.03. The molecule has 0 spiro atoms. The van der Waals surface area contributed by atoms with Crippen LogP contribution in [0.15, 0.2) is 53.8 Å². The Morgan fingerprint density at radius 1 is 1.11 bits per heavy atom. The highest BCUT2D eigenvalue weighted by Crippen LogP contribution is 2.10. The van der Waals surface area contributed by atoms with Crippen molar-refractivity contribution in [3.8, 4) is 0 Å². The monoisotopic (exact) mass is 498 g/mol. The summed E-state index contributed by atoms with van der Waals surface area (Å²) in [4.78, 5) is 16.3. The Bertz CT molecular complexity index is 713. The number of aromatic nitrogens is 1. The number of carbonyl (C=O) groups excluding carboxylic acids is 1. The first-order valence-electron chi connectivity index (χ1n) is 9.36. The molecule has 0 saturated carbocycles. The molecule has 0 saturated heterocycles. The fourth-order valence-electron chi connectivity index (χ4n) is 2.46. The number of nitrogens with one attached hydrogen (secondary N) is 4. The van der Waals surface area contributed by atoms with Gasteiger partial charge in [0.05, 0.1) is 6.54 Å². The molecule has 4 N–H and O–H groups in total. The summed E-state index contributed by atoms with van der Waals surface area (Å²) in [7, 11) is 0. The highest BCUT2D eigenvalue weighted by atomic mass is 127. The summed E-state index contributed by atoms with van der Waals surface area (Å²) in [5, 5.41) is 12.2. The number of guanidine groups is 1. The van der Waals surface area contributed by atoms with Gasteiger partial charge in [-0.2, -0.15) is 0 Å². The number of amides is 2. The van der Waals surface area contributed by atoms with Crippen LogP contribution >= 0.6 is 24.0 Å². The third kappa shape index (κ3) is 9.12. The average Bonchev–Trinajstić information content (AvgIpc) is 3.13. The van der Waals surface area contributed by atoms with E-state index in [1.807, 2.05) is 69.6 Å². The van der Waals surface area contributed by atoms with Crippen molar-refractivity contribution in [3.63, 3.8) is 0 Å². The van der Waals surface area contributed by atoms with Crippen molar-refractivity contribution in [1.29, 1.82) is 0 Å². The summed E-state index contributed by atoms with van der Waals surface area (Å²) in [6, 6.07) is 11.7. The van der Waals surface area contributed by atoms with Crippen LogP contribution < -0.4 is 21.3 Å². The molecule has 2 amide bonds. The Hall–Kier alpha value is -2.23. The summed E-state index contributed by atoms with van der Waals surface area (Å²) in [5.74, 6) is 0.795. The molecule has 2 aromatic rings. The zero-order valence-electron chi connectivity index (χ0n) is 16.7. The van der Waals surface area contributed by atoms with Gasteiger partial charge in [0.2, 0.25) is 0 Å². The van der Waals surface area contributed by atoms with Crippen LogP contribution in [0, 0.1) is 0 Å². The van der Waals surface area contributed by atoms with Gasteiger partial charge in [-0.05, 0) is 50.6 Å². The number of urea groups is 1. The molecular weight excluding hydrogens is 467 g/mol. The van der Waals surface area contributed by atoms with Crippen molar-refractivity contribution >= 4 is 41.7 Å². The van der Waals surface area contributed by atoms with E-state index in [2.05, 4.69) is 30.8 Å². The minimum atomic E-state index is -0.197. The fraction of sp³-hybridized carbons (Fsp3) is 0.400. The second-order valence-corrected chi connectivity index (χ2v) is 6.49. The predicted octanol–water partition coefficient (Wildman–Crippen LogP) is 3.39. The Morgan fingerprint density at radius 3 is 2.39 bits per heavy atom. The van der Waals surface area contributed by atoms with Gasteiger partial charge in [-0.25, -0.2) is 9.79 Å². The van der Waals surface area contributed by atoms with Crippen molar-refractivity contribution in [2.45, 2.75) is 39.9 Å². The summed E-state index contributed by atoms with van der Waals surface area (Å²) in [6.07, 6.45) is 4.09. The summed E-state index contributed by atoms with van der Waals surface area (Å²) in [5.41, 5.74) is 1.84. The zero-order chi connectivity index (χ0) is 19.5. The van der Waals surface area contributed by atoms with Gasteiger partial charge in [-0.3, -0.25) is 0 Å². The summed E-state index contributed by atoms with van der Waals surface area (Å²) >= 11 is 0. The van der Waals surface area contributed by atoms with E-state index < -0.39 is 0 Å². The number of halogens is 1. The zero-order valence-corrected chi connectivity index (χ0v) is 19.1. The smallest absolute Gasteiger partial charge is 0.319 e. The van der Waals surface area contributed by atoms with E-state index in [0.717, 1.165) is 36.8 Å². The van der Waals surface area contributed by atoms with Gasteiger partial charge in [-0.1, -0.05) is 12.1 Å². The summed E-state index contributed by atoms with van der Waals surface area (Å²) < 4.78 is 2.12. The Kier molecular flexibility index (Phi) is 11.1. The maximum Gasteiger partial charge on any atom is 0.319 e. The topological polar surface area (TPSA) is 82.5 Å². The van der Waals surface area contributed by atoms with Crippen molar-refractivity contribution in [1.82, 2.24) is 20.5 Å². The first-order valence-corrected chi connectivity index (χ1v) is 9.36. The van der Waals surface area contributed by atoms with Gasteiger partial charge >= 0.3 is 6.03 Å². The number of rotatable bonds is 8. The van der Waals surface area contributed by atoms with Gasteiger partial charge in [0.15, 0.2) is 5.96 Å². The minimum Gasteiger partial charge on any atom is -0.357 e. The van der Waals surface area contributed by atoms with Gasteiger partial charge in [0.25, 0.3) is 0 Å². The Morgan fingerprint density at radius 2 is 1.79 bits per heavy atom. The number of nitrogens with zero attached hydrogens (tertiary/aromatic N) is 2. The average molecular weight is 498 g/mol. The van der Waals surface area contributed by atoms with Gasteiger partial charge in [0.1, 0.15) is 0 Å². The van der Waals surface area contributed by atoms with E-state index in [1.54, 1.807) is 0 Å². The molecule has 154 valence electrons. The molecule has 0 aliphatic carbocycles. The molecule has 1 aromatic heterocycles. The predicted molar refractivity (Wildman–Crippen MR) is 126 cm³/mol. The lowest BCUT2D eigenvalue weighted by molar-refractivity contribution is 0.250. The van der Waals surface area contributed by atoms with E-state index in [0.29, 0.717) is 6.54 Å². The van der Waals surface area contributed by atoms with E-state index >= 15 is 0 Å². The maximum absolute atomic E-state index is 11.7. The molecule has 8 heteroatoms. The van der Waals surface area contributed by atoms with Crippen molar-refractivity contribution in [2.75, 3.05) is 18.4 Å². The lowest BCUT2D eigenvalue weighted by atomic mass is 10.2. The molecule has 0 atom stereocenters. The third-order valence-corrected chi connectivity index (χ3v) is 3.72. The molecular formula is C20H31IN6O. The molecule has 0 fully saturated rings. The second-order valence-electron chi connectivity index (χ2n) is 6.49. The van der Waals surface area contributed by atoms with Gasteiger partial charge < -0.3 is 25.8 Å². The van der Waals surface area contributed by atoms with Crippen molar-refractivity contribution in [2.24, 2.45) is 4.99 Å². The molecule has 0 bridgehead atoms. The number of carbonyl (C=O) groups is 1. The molecule has 7 nitrogen and oxygen atoms in total. The maximum atomic E-state index is 11.7. The van der Waals surface area contributed by atoms with Gasteiger partial charge in [0, 0.05) is 43.8 Å². The minimum absolute atomic E-state index is 0. The number of hydrogen-bond donors (Lipinski definition) is 4. The highest BCUT2D eigenvalue weighted by molar-refractivity contribution is 14.0. The van der Waals surface area contributed by atoms with Crippen LogP contribution in [0.1, 0.15) is 26.3 Å².